The number of nitrogens with one attached hydrogen (secondary N) is 1. The van der Waals surface area contributed by atoms with Gasteiger partial charge in [0.25, 0.3) is 5.91 Å². The Bertz CT molecular complexity index is 1140. The van der Waals surface area contributed by atoms with Crippen molar-refractivity contribution in [1.82, 2.24) is 15.1 Å². The zero-order valence-corrected chi connectivity index (χ0v) is 18.0. The largest absolute Gasteiger partial charge is 0.497 e. The lowest BCUT2D eigenvalue weighted by atomic mass is 9.94. The van der Waals surface area contributed by atoms with E-state index in [1.54, 1.807) is 44.4 Å². The van der Waals surface area contributed by atoms with E-state index in [2.05, 4.69) is 5.32 Å². The number of benzene rings is 2. The molecule has 0 radical (unpaired) electrons. The van der Waals surface area contributed by atoms with Crippen molar-refractivity contribution in [1.29, 1.82) is 0 Å². The number of nitrogens with zero attached hydrogens (tertiary/aromatic N) is 2. The van der Waals surface area contributed by atoms with Crippen LogP contribution in [-0.2, 0) is 11.3 Å². The molecule has 3 aliphatic rings. The van der Waals surface area contributed by atoms with E-state index in [1.807, 2.05) is 18.2 Å². The third-order valence-corrected chi connectivity index (χ3v) is 5.99. The van der Waals surface area contributed by atoms with Gasteiger partial charge in [-0.2, -0.15) is 0 Å². The SMILES string of the molecule is COc1ccc(OC)c(C2NC(=O)N(C)C3=C2C(=O)N(Cc2ccc4c(c2)OCO4)C3)c1. The maximum Gasteiger partial charge on any atom is 0.322 e. The van der Waals surface area contributed by atoms with Gasteiger partial charge >= 0.3 is 6.03 Å². The Morgan fingerprint density at radius 1 is 1.06 bits per heavy atom. The molecular formula is C23H23N3O6. The second-order valence-corrected chi connectivity index (χ2v) is 7.76. The Kier molecular flexibility index (Phi) is 4.80. The van der Waals surface area contributed by atoms with Gasteiger partial charge in [0.2, 0.25) is 6.79 Å². The summed E-state index contributed by atoms with van der Waals surface area (Å²) in [4.78, 5) is 29.5. The standard InChI is InChI=1S/C23H23N3O6/c1-25-16-11-26(10-13-4-6-18-19(8-13)32-12-31-18)22(27)20(16)21(24-23(25)28)15-9-14(29-2)5-7-17(15)30-3/h4-9,21H,10-12H2,1-3H3,(H,24,28). The summed E-state index contributed by atoms with van der Waals surface area (Å²) in [7, 11) is 4.79. The summed E-state index contributed by atoms with van der Waals surface area (Å²) in [5.41, 5.74) is 2.78. The van der Waals surface area contributed by atoms with Crippen LogP contribution in [0.15, 0.2) is 47.7 Å². The van der Waals surface area contributed by atoms with Crippen LogP contribution >= 0.6 is 0 Å². The number of amides is 3. The van der Waals surface area contributed by atoms with Crippen molar-refractivity contribution < 1.29 is 28.5 Å². The molecular weight excluding hydrogens is 414 g/mol. The Labute approximate surface area is 185 Å². The second kappa shape index (κ2) is 7.67. The highest BCUT2D eigenvalue weighted by Crippen LogP contribution is 2.41. The van der Waals surface area contributed by atoms with Crippen LogP contribution in [0.1, 0.15) is 17.2 Å². The van der Waals surface area contributed by atoms with Crippen LogP contribution in [0.3, 0.4) is 0 Å². The van der Waals surface area contributed by atoms with Crippen LogP contribution in [0.4, 0.5) is 4.79 Å². The summed E-state index contributed by atoms with van der Waals surface area (Å²) in [6.07, 6.45) is 0. The minimum Gasteiger partial charge on any atom is -0.497 e. The van der Waals surface area contributed by atoms with Crippen molar-refractivity contribution in [3.8, 4) is 23.0 Å². The van der Waals surface area contributed by atoms with Crippen LogP contribution in [-0.4, -0.2) is 56.3 Å². The zero-order chi connectivity index (χ0) is 22.4. The van der Waals surface area contributed by atoms with Gasteiger partial charge in [0.05, 0.1) is 38.1 Å². The van der Waals surface area contributed by atoms with E-state index in [4.69, 9.17) is 18.9 Å². The van der Waals surface area contributed by atoms with Gasteiger partial charge in [-0.3, -0.25) is 9.69 Å². The molecule has 9 heteroatoms. The van der Waals surface area contributed by atoms with Gasteiger partial charge in [-0.1, -0.05) is 6.07 Å². The van der Waals surface area contributed by atoms with Crippen molar-refractivity contribution in [3.63, 3.8) is 0 Å². The van der Waals surface area contributed by atoms with Crippen molar-refractivity contribution >= 4 is 11.9 Å². The average molecular weight is 437 g/mol. The van der Waals surface area contributed by atoms with Gasteiger partial charge in [0, 0.05) is 19.2 Å². The summed E-state index contributed by atoms with van der Waals surface area (Å²) in [5.74, 6) is 2.39. The first-order valence-corrected chi connectivity index (χ1v) is 10.2. The number of urea groups is 1. The molecule has 0 bridgehead atoms. The monoisotopic (exact) mass is 437 g/mol. The summed E-state index contributed by atoms with van der Waals surface area (Å²) < 4.78 is 21.7. The van der Waals surface area contributed by atoms with Gasteiger partial charge in [-0.15, -0.1) is 0 Å². The molecule has 2 aromatic carbocycles. The minimum absolute atomic E-state index is 0.139. The van der Waals surface area contributed by atoms with Gasteiger partial charge in [0.1, 0.15) is 11.5 Å². The number of fused-ring (bicyclic) bond motifs is 1. The number of carbonyl (C=O) groups is 2. The van der Waals surface area contributed by atoms with E-state index < -0.39 is 6.04 Å². The molecule has 3 amide bonds. The lowest BCUT2D eigenvalue weighted by Crippen LogP contribution is -2.45. The van der Waals surface area contributed by atoms with Gasteiger partial charge in [-0.05, 0) is 35.9 Å². The summed E-state index contributed by atoms with van der Waals surface area (Å²) in [6.45, 7) is 0.904. The van der Waals surface area contributed by atoms with Crippen LogP contribution in [0.25, 0.3) is 0 Å². The number of carbonyl (C=O) groups excluding carboxylic acids is 2. The summed E-state index contributed by atoms with van der Waals surface area (Å²) in [6, 6.07) is 10.0. The highest BCUT2D eigenvalue weighted by molar-refractivity contribution is 6.01. The highest BCUT2D eigenvalue weighted by atomic mass is 16.7. The molecule has 0 aromatic heterocycles. The number of rotatable bonds is 5. The van der Waals surface area contributed by atoms with Crippen LogP contribution in [0, 0.1) is 0 Å². The van der Waals surface area contributed by atoms with Gasteiger partial charge in [-0.25, -0.2) is 4.79 Å². The lowest BCUT2D eigenvalue weighted by Gasteiger charge is -2.31. The number of methoxy groups -OCH3 is 2. The molecule has 0 saturated heterocycles. The van der Waals surface area contributed by atoms with Crippen LogP contribution < -0.4 is 24.3 Å². The molecule has 0 saturated carbocycles. The second-order valence-electron chi connectivity index (χ2n) is 7.76. The molecule has 0 aliphatic carbocycles. The molecule has 2 aromatic rings. The van der Waals surface area contributed by atoms with Crippen molar-refractivity contribution in [2.24, 2.45) is 0 Å². The number of likely N-dealkylation sites (N-methyl/N-ethyl adjacent to an activating group) is 1. The number of hydrogen-bond donors (Lipinski definition) is 1. The van der Waals surface area contributed by atoms with E-state index >= 15 is 0 Å². The minimum atomic E-state index is -0.645. The van der Waals surface area contributed by atoms with E-state index in [9.17, 15) is 9.59 Å². The maximum absolute atomic E-state index is 13.5. The van der Waals surface area contributed by atoms with Crippen LogP contribution in [0.2, 0.25) is 0 Å². The quantitative estimate of drug-likeness (QED) is 0.773. The summed E-state index contributed by atoms with van der Waals surface area (Å²) in [5, 5.41) is 2.94. The molecule has 1 N–H and O–H groups in total. The number of ether oxygens (including phenoxy) is 4. The smallest absolute Gasteiger partial charge is 0.322 e. The zero-order valence-electron chi connectivity index (χ0n) is 18.0. The fraction of sp³-hybridized carbons (Fsp3) is 0.304. The lowest BCUT2D eigenvalue weighted by molar-refractivity contribution is -0.126. The van der Waals surface area contributed by atoms with Crippen LogP contribution in [0.5, 0.6) is 23.0 Å². The molecule has 1 unspecified atom stereocenters. The predicted octanol–water partition coefficient (Wildman–Crippen LogP) is 2.43. The first kappa shape index (κ1) is 20.0. The maximum atomic E-state index is 13.5. The molecule has 3 aliphatic heterocycles. The summed E-state index contributed by atoms with van der Waals surface area (Å²) >= 11 is 0. The van der Waals surface area contributed by atoms with Crippen molar-refractivity contribution in [3.05, 3.63) is 58.8 Å². The van der Waals surface area contributed by atoms with Crippen molar-refractivity contribution in [2.45, 2.75) is 12.6 Å². The third kappa shape index (κ3) is 3.17. The molecule has 9 nitrogen and oxygen atoms in total. The Hall–Kier alpha value is -3.88. The molecule has 1 atom stereocenters. The molecule has 0 spiro atoms. The Morgan fingerprint density at radius 2 is 1.88 bits per heavy atom. The third-order valence-electron chi connectivity index (χ3n) is 5.99. The topological polar surface area (TPSA) is 89.6 Å². The van der Waals surface area contributed by atoms with E-state index in [1.165, 1.54) is 4.90 Å². The van der Waals surface area contributed by atoms with E-state index in [0.29, 0.717) is 52.9 Å². The molecule has 166 valence electrons. The molecule has 5 rings (SSSR count). The first-order valence-electron chi connectivity index (χ1n) is 10.2. The Morgan fingerprint density at radius 3 is 2.66 bits per heavy atom. The molecule has 3 heterocycles. The normalized spacial score (nSPS) is 19.3. The van der Waals surface area contributed by atoms with E-state index in [0.717, 1.165) is 5.56 Å². The first-order chi connectivity index (χ1) is 15.5. The van der Waals surface area contributed by atoms with E-state index in [-0.39, 0.29) is 18.7 Å². The van der Waals surface area contributed by atoms with Crippen molar-refractivity contribution in [2.75, 3.05) is 34.6 Å². The Balaban J connectivity index is 1.49. The fourth-order valence-corrected chi connectivity index (χ4v) is 4.31. The molecule has 0 fully saturated rings. The predicted molar refractivity (Wildman–Crippen MR) is 114 cm³/mol. The van der Waals surface area contributed by atoms with Gasteiger partial charge in [0.15, 0.2) is 11.5 Å². The highest BCUT2D eigenvalue weighted by Gasteiger charge is 2.43. The average Bonchev–Trinajstić information content (AvgIpc) is 3.40. The van der Waals surface area contributed by atoms with Gasteiger partial charge < -0.3 is 29.2 Å². The fourth-order valence-electron chi connectivity index (χ4n) is 4.31. The molecule has 32 heavy (non-hydrogen) atoms. The number of hydrogen-bond acceptors (Lipinski definition) is 6.